The normalized spacial score (nSPS) is 8.92. The topological polar surface area (TPSA) is 50.1 Å². The summed E-state index contributed by atoms with van der Waals surface area (Å²) in [4.78, 5) is 11.9. The molecule has 0 spiro atoms. The number of carbonyl (C=O) groups is 1. The first-order valence-electron chi connectivity index (χ1n) is 3.38. The second-order valence-corrected chi connectivity index (χ2v) is 3.11. The van der Waals surface area contributed by atoms with Gasteiger partial charge in [0.1, 0.15) is 6.07 Å². The fourth-order valence-corrected chi connectivity index (χ4v) is 1.41. The summed E-state index contributed by atoms with van der Waals surface area (Å²) < 4.78 is 4.57. The molecule has 12 heavy (non-hydrogen) atoms. The van der Waals surface area contributed by atoms with Gasteiger partial charge in [-0.1, -0.05) is 6.07 Å². The largest absolute Gasteiger partial charge is 0.450 e. The van der Waals surface area contributed by atoms with Crippen molar-refractivity contribution in [3.63, 3.8) is 0 Å². The molecule has 3 nitrogen and oxygen atoms in total. The van der Waals surface area contributed by atoms with E-state index in [4.69, 9.17) is 5.26 Å². The quantitative estimate of drug-likeness (QED) is 0.661. The first-order valence-corrected chi connectivity index (χ1v) is 4.26. The van der Waals surface area contributed by atoms with Crippen molar-refractivity contribution in [2.45, 2.75) is 6.42 Å². The predicted molar refractivity (Wildman–Crippen MR) is 44.6 cm³/mol. The smallest absolute Gasteiger partial charge is 0.312 e. The second-order valence-electron chi connectivity index (χ2n) is 2.07. The molecule has 0 amide bonds. The number of nitriles is 1. The molecule has 62 valence electrons. The highest BCUT2D eigenvalue weighted by Crippen LogP contribution is 2.09. The zero-order valence-corrected chi connectivity index (χ0v) is 7.13. The summed E-state index contributed by atoms with van der Waals surface area (Å²) >= 11 is 1.50. The van der Waals surface area contributed by atoms with Crippen LogP contribution >= 0.6 is 11.3 Å². The summed E-state index contributed by atoms with van der Waals surface area (Å²) in [5, 5.41) is 10.0. The zero-order chi connectivity index (χ0) is 8.81. The molecule has 4 heteroatoms. The van der Waals surface area contributed by atoms with E-state index in [1.807, 2.05) is 17.5 Å². The average Bonchev–Trinajstić information content (AvgIpc) is 2.53. The molecule has 1 rings (SSSR count). The van der Waals surface area contributed by atoms with Gasteiger partial charge in [-0.3, -0.25) is 4.79 Å². The Labute approximate surface area is 74.2 Å². The molecule has 0 saturated heterocycles. The van der Waals surface area contributed by atoms with Crippen LogP contribution in [0, 0.1) is 11.3 Å². The number of esters is 1. The van der Waals surface area contributed by atoms with Crippen molar-refractivity contribution in [2.24, 2.45) is 0 Å². The lowest BCUT2D eigenvalue weighted by molar-refractivity contribution is -0.141. The summed E-state index contributed by atoms with van der Waals surface area (Å²) in [6, 6.07) is 5.47. The molecule has 0 atom stereocenters. The molecule has 0 aromatic carbocycles. The highest BCUT2D eigenvalue weighted by molar-refractivity contribution is 7.10. The molecule has 0 aliphatic rings. The molecule has 0 unspecified atom stereocenters. The SMILES string of the molecule is N#CCOC(=O)Cc1cccs1. The van der Waals surface area contributed by atoms with Crippen LogP contribution < -0.4 is 0 Å². The monoisotopic (exact) mass is 181 g/mol. The predicted octanol–water partition coefficient (Wildman–Crippen LogP) is 1.36. The van der Waals surface area contributed by atoms with Crippen molar-refractivity contribution in [2.75, 3.05) is 6.61 Å². The van der Waals surface area contributed by atoms with Gasteiger partial charge >= 0.3 is 5.97 Å². The fraction of sp³-hybridized carbons (Fsp3) is 0.250. The molecule has 0 bridgehead atoms. The third-order valence-corrected chi connectivity index (χ3v) is 2.07. The first kappa shape index (κ1) is 8.75. The minimum absolute atomic E-state index is 0.162. The van der Waals surface area contributed by atoms with E-state index >= 15 is 0 Å². The lowest BCUT2D eigenvalue weighted by Crippen LogP contribution is -2.06. The molecule has 0 N–H and O–H groups in total. The molecular weight excluding hydrogens is 174 g/mol. The Balaban J connectivity index is 2.33. The Kier molecular flexibility index (Phi) is 3.30. The Bertz CT molecular complexity index is 287. The van der Waals surface area contributed by atoms with E-state index in [1.54, 1.807) is 6.07 Å². The van der Waals surface area contributed by atoms with Gasteiger partial charge < -0.3 is 4.74 Å². The number of carbonyl (C=O) groups excluding carboxylic acids is 1. The van der Waals surface area contributed by atoms with E-state index in [1.165, 1.54) is 11.3 Å². The Hall–Kier alpha value is -1.34. The molecule has 0 saturated carbocycles. The van der Waals surface area contributed by atoms with Gasteiger partial charge in [0.05, 0.1) is 6.42 Å². The summed E-state index contributed by atoms with van der Waals surface area (Å²) in [7, 11) is 0. The lowest BCUT2D eigenvalue weighted by Gasteiger charge is -1.96. The average molecular weight is 181 g/mol. The van der Waals surface area contributed by atoms with Crippen LogP contribution in [-0.4, -0.2) is 12.6 Å². The van der Waals surface area contributed by atoms with Crippen LogP contribution in [0.4, 0.5) is 0 Å². The molecular formula is C8H7NO2S. The van der Waals surface area contributed by atoms with Gasteiger partial charge in [-0.25, -0.2) is 0 Å². The van der Waals surface area contributed by atoms with E-state index < -0.39 is 0 Å². The molecule has 0 aliphatic carbocycles. The molecule has 0 fully saturated rings. The number of hydrogen-bond donors (Lipinski definition) is 0. The van der Waals surface area contributed by atoms with Crippen LogP contribution in [0.25, 0.3) is 0 Å². The molecule has 0 radical (unpaired) electrons. The first-order chi connectivity index (χ1) is 5.83. The summed E-state index contributed by atoms with van der Waals surface area (Å²) in [5.41, 5.74) is 0. The van der Waals surface area contributed by atoms with E-state index in [2.05, 4.69) is 4.74 Å². The molecule has 1 aromatic heterocycles. The highest BCUT2D eigenvalue weighted by Gasteiger charge is 2.03. The van der Waals surface area contributed by atoms with E-state index in [9.17, 15) is 4.79 Å². The maximum Gasteiger partial charge on any atom is 0.312 e. The van der Waals surface area contributed by atoms with Crippen LogP contribution in [-0.2, 0) is 16.0 Å². The van der Waals surface area contributed by atoms with Crippen molar-refractivity contribution in [3.05, 3.63) is 22.4 Å². The van der Waals surface area contributed by atoms with Crippen molar-refractivity contribution >= 4 is 17.3 Å². The van der Waals surface area contributed by atoms with E-state index in [0.717, 1.165) is 4.88 Å². The molecule has 1 heterocycles. The van der Waals surface area contributed by atoms with Gasteiger partial charge in [-0.15, -0.1) is 11.3 Å². The lowest BCUT2D eigenvalue weighted by atomic mass is 10.3. The van der Waals surface area contributed by atoms with Gasteiger partial charge in [0.25, 0.3) is 0 Å². The Morgan fingerprint density at radius 2 is 2.58 bits per heavy atom. The van der Waals surface area contributed by atoms with Crippen LogP contribution in [0.2, 0.25) is 0 Å². The highest BCUT2D eigenvalue weighted by atomic mass is 32.1. The third-order valence-electron chi connectivity index (χ3n) is 1.20. The number of thiophene rings is 1. The summed E-state index contributed by atoms with van der Waals surface area (Å²) in [6.07, 6.45) is 0.263. The van der Waals surface area contributed by atoms with Gasteiger partial charge in [-0.05, 0) is 11.4 Å². The van der Waals surface area contributed by atoms with Crippen molar-refractivity contribution in [1.29, 1.82) is 5.26 Å². The minimum Gasteiger partial charge on any atom is -0.450 e. The maximum absolute atomic E-state index is 10.9. The minimum atomic E-state index is -0.348. The van der Waals surface area contributed by atoms with Gasteiger partial charge in [0.15, 0.2) is 6.61 Å². The van der Waals surface area contributed by atoms with E-state index in [0.29, 0.717) is 0 Å². The van der Waals surface area contributed by atoms with Crippen LogP contribution in [0.3, 0.4) is 0 Å². The number of nitrogens with zero attached hydrogens (tertiary/aromatic N) is 1. The van der Waals surface area contributed by atoms with Crippen molar-refractivity contribution in [3.8, 4) is 6.07 Å². The van der Waals surface area contributed by atoms with Crippen molar-refractivity contribution < 1.29 is 9.53 Å². The fourth-order valence-electron chi connectivity index (χ4n) is 0.719. The van der Waals surface area contributed by atoms with Crippen molar-refractivity contribution in [1.82, 2.24) is 0 Å². The Morgan fingerprint density at radius 1 is 1.75 bits per heavy atom. The molecule has 0 aliphatic heterocycles. The van der Waals surface area contributed by atoms with Gasteiger partial charge in [0, 0.05) is 4.88 Å². The second kappa shape index (κ2) is 4.52. The third kappa shape index (κ3) is 2.72. The van der Waals surface area contributed by atoms with Crippen LogP contribution in [0.15, 0.2) is 17.5 Å². The van der Waals surface area contributed by atoms with Gasteiger partial charge in [0.2, 0.25) is 0 Å². The Morgan fingerprint density at radius 3 is 3.17 bits per heavy atom. The molecule has 1 aromatic rings. The standard InChI is InChI=1S/C8H7NO2S/c9-3-4-11-8(10)6-7-2-1-5-12-7/h1-2,5H,4,6H2. The maximum atomic E-state index is 10.9. The number of ether oxygens (including phenoxy) is 1. The van der Waals surface area contributed by atoms with Crippen LogP contribution in [0.1, 0.15) is 4.88 Å². The zero-order valence-electron chi connectivity index (χ0n) is 6.32. The van der Waals surface area contributed by atoms with Gasteiger partial charge in [-0.2, -0.15) is 5.26 Å². The summed E-state index contributed by atoms with van der Waals surface area (Å²) in [5.74, 6) is -0.348. The van der Waals surface area contributed by atoms with Crippen LogP contribution in [0.5, 0.6) is 0 Å². The number of rotatable bonds is 3. The van der Waals surface area contributed by atoms with E-state index in [-0.39, 0.29) is 19.0 Å². The summed E-state index contributed by atoms with van der Waals surface area (Å²) in [6.45, 7) is -0.162. The number of hydrogen-bond acceptors (Lipinski definition) is 4.